The summed E-state index contributed by atoms with van der Waals surface area (Å²) in [6.45, 7) is 4.46. The molecule has 0 aliphatic rings. The fourth-order valence-electron chi connectivity index (χ4n) is 1.63. The molecule has 1 rings (SSSR count). The third kappa shape index (κ3) is 4.10. The fraction of sp³-hybridized carbons (Fsp3) is 0.462. The molecule has 0 heterocycles. The number of carboxylic acids is 1. The Balaban J connectivity index is 2.86. The normalized spacial score (nSPS) is 11.4. The molecule has 0 spiro atoms. The van der Waals surface area contributed by atoms with Gasteiger partial charge in [-0.15, -0.1) is 0 Å². The first-order valence-corrected chi connectivity index (χ1v) is 5.94. The molecule has 5 nitrogen and oxygen atoms in total. The maximum Gasteiger partial charge on any atom is 0.338 e. The number of benzene rings is 1. The zero-order valence-corrected chi connectivity index (χ0v) is 11.0. The minimum Gasteiger partial charge on any atom is -0.478 e. The monoisotopic (exact) mass is 270 g/mol. The molecule has 5 N–H and O–H groups in total. The van der Waals surface area contributed by atoms with Gasteiger partial charge in [0.1, 0.15) is 5.82 Å². The molecular weight excluding hydrogens is 251 g/mol. The summed E-state index contributed by atoms with van der Waals surface area (Å²) in [6.07, 6.45) is 0.593. The predicted molar refractivity (Wildman–Crippen MR) is 71.7 cm³/mol. The Hall–Kier alpha value is -1.82. The third-order valence-electron chi connectivity index (χ3n) is 2.92. The molecule has 0 unspecified atom stereocenters. The number of carboxylic acid groups (broad SMARTS) is 1. The summed E-state index contributed by atoms with van der Waals surface area (Å²) < 4.78 is 13.5. The lowest BCUT2D eigenvalue weighted by Crippen LogP contribution is -2.24. The van der Waals surface area contributed by atoms with Crippen LogP contribution in [0.2, 0.25) is 0 Å². The number of rotatable bonds is 6. The molecule has 6 heteroatoms. The van der Waals surface area contributed by atoms with E-state index in [4.69, 9.17) is 15.9 Å². The van der Waals surface area contributed by atoms with E-state index in [2.05, 4.69) is 5.32 Å². The van der Waals surface area contributed by atoms with Gasteiger partial charge in [0.2, 0.25) is 0 Å². The van der Waals surface area contributed by atoms with Crippen molar-refractivity contribution in [2.75, 3.05) is 24.2 Å². The average Bonchev–Trinajstić information content (AvgIpc) is 2.29. The summed E-state index contributed by atoms with van der Waals surface area (Å²) in [4.78, 5) is 10.7. The number of carbonyl (C=O) groups is 1. The molecule has 0 aliphatic carbocycles. The van der Waals surface area contributed by atoms with Gasteiger partial charge in [-0.2, -0.15) is 0 Å². The minimum absolute atomic E-state index is 0.0659. The van der Waals surface area contributed by atoms with Crippen LogP contribution >= 0.6 is 0 Å². The van der Waals surface area contributed by atoms with E-state index in [0.29, 0.717) is 18.7 Å². The van der Waals surface area contributed by atoms with Gasteiger partial charge in [0.25, 0.3) is 0 Å². The molecule has 0 saturated heterocycles. The number of hydrogen-bond acceptors (Lipinski definition) is 4. The second kappa shape index (κ2) is 5.88. The van der Waals surface area contributed by atoms with Crippen molar-refractivity contribution >= 4 is 17.3 Å². The first kappa shape index (κ1) is 15.2. The van der Waals surface area contributed by atoms with Gasteiger partial charge in [-0.1, -0.05) is 13.8 Å². The lowest BCUT2D eigenvalue weighted by atomic mass is 9.89. The number of halogens is 1. The van der Waals surface area contributed by atoms with Crippen LogP contribution in [-0.4, -0.2) is 29.3 Å². The Morgan fingerprint density at radius 3 is 2.63 bits per heavy atom. The Bertz CT molecular complexity index is 475. The molecule has 1 aromatic carbocycles. The van der Waals surface area contributed by atoms with Crippen LogP contribution in [0.3, 0.4) is 0 Å². The van der Waals surface area contributed by atoms with Gasteiger partial charge in [0.05, 0.1) is 16.9 Å². The van der Waals surface area contributed by atoms with Crippen molar-refractivity contribution < 1.29 is 19.4 Å². The summed E-state index contributed by atoms with van der Waals surface area (Å²) in [5.74, 6) is -2.18. The first-order chi connectivity index (χ1) is 8.76. The Morgan fingerprint density at radius 2 is 2.11 bits per heavy atom. The number of nitrogen functional groups attached to an aromatic ring is 1. The van der Waals surface area contributed by atoms with Crippen molar-refractivity contribution in [3.05, 3.63) is 23.5 Å². The van der Waals surface area contributed by atoms with Gasteiger partial charge >= 0.3 is 5.97 Å². The van der Waals surface area contributed by atoms with Crippen LogP contribution in [0.4, 0.5) is 15.8 Å². The molecule has 0 amide bonds. The van der Waals surface area contributed by atoms with Gasteiger partial charge in [-0.05, 0) is 24.0 Å². The number of nitrogens with two attached hydrogens (primary N) is 1. The molecule has 0 atom stereocenters. The number of anilines is 2. The topological polar surface area (TPSA) is 95.6 Å². The van der Waals surface area contributed by atoms with Crippen molar-refractivity contribution in [3.8, 4) is 0 Å². The quantitative estimate of drug-likeness (QED) is 0.592. The molecule has 0 saturated carbocycles. The number of aliphatic hydroxyl groups excluding tert-OH is 1. The zero-order valence-electron chi connectivity index (χ0n) is 11.0. The third-order valence-corrected chi connectivity index (χ3v) is 2.92. The fourth-order valence-corrected chi connectivity index (χ4v) is 1.63. The minimum atomic E-state index is -1.35. The molecule has 0 radical (unpaired) electrons. The van der Waals surface area contributed by atoms with Crippen LogP contribution in [0.15, 0.2) is 12.1 Å². The van der Waals surface area contributed by atoms with E-state index in [-0.39, 0.29) is 17.7 Å². The number of aliphatic hydroxyl groups is 1. The average molecular weight is 270 g/mol. The highest BCUT2D eigenvalue weighted by atomic mass is 19.1. The summed E-state index contributed by atoms with van der Waals surface area (Å²) in [5, 5.41) is 20.7. The smallest absolute Gasteiger partial charge is 0.338 e. The van der Waals surface area contributed by atoms with Crippen molar-refractivity contribution in [2.24, 2.45) is 5.41 Å². The molecule has 0 aliphatic heterocycles. The van der Waals surface area contributed by atoms with Gasteiger partial charge in [-0.3, -0.25) is 0 Å². The van der Waals surface area contributed by atoms with Crippen LogP contribution in [0.25, 0.3) is 0 Å². The largest absolute Gasteiger partial charge is 0.478 e. The van der Waals surface area contributed by atoms with Crippen LogP contribution in [-0.2, 0) is 0 Å². The first-order valence-electron chi connectivity index (χ1n) is 5.94. The van der Waals surface area contributed by atoms with Crippen molar-refractivity contribution in [3.63, 3.8) is 0 Å². The van der Waals surface area contributed by atoms with Gasteiger partial charge in [0, 0.05) is 13.2 Å². The predicted octanol–water partition coefficient (Wildman–Crippen LogP) is 1.93. The van der Waals surface area contributed by atoms with E-state index in [1.54, 1.807) is 0 Å². The lowest BCUT2D eigenvalue weighted by molar-refractivity contribution is 0.0692. The van der Waals surface area contributed by atoms with E-state index in [1.165, 1.54) is 0 Å². The number of aromatic carboxylic acids is 1. The molecule has 0 fully saturated rings. The Labute approximate surface area is 111 Å². The number of hydrogen-bond donors (Lipinski definition) is 4. The van der Waals surface area contributed by atoms with Crippen molar-refractivity contribution in [1.29, 1.82) is 0 Å². The highest BCUT2D eigenvalue weighted by Crippen LogP contribution is 2.26. The van der Waals surface area contributed by atoms with Crippen LogP contribution in [0.1, 0.15) is 30.6 Å². The number of nitrogens with one attached hydrogen (secondary N) is 1. The second-order valence-corrected chi connectivity index (χ2v) is 5.22. The highest BCUT2D eigenvalue weighted by Gasteiger charge is 2.18. The van der Waals surface area contributed by atoms with Gasteiger partial charge < -0.3 is 21.3 Å². The molecule has 106 valence electrons. The molecule has 19 heavy (non-hydrogen) atoms. The lowest BCUT2D eigenvalue weighted by Gasteiger charge is -2.25. The van der Waals surface area contributed by atoms with E-state index >= 15 is 0 Å². The van der Waals surface area contributed by atoms with E-state index in [1.807, 2.05) is 13.8 Å². The molecular formula is C13H19FN2O3. The summed E-state index contributed by atoms with van der Waals surface area (Å²) in [7, 11) is 0. The second-order valence-electron chi connectivity index (χ2n) is 5.22. The van der Waals surface area contributed by atoms with E-state index < -0.39 is 17.3 Å². The standard InChI is InChI=1S/C13H19FN2O3/c1-13(2,3-4-17)7-16-11-6-9(14)8(12(18)19)5-10(11)15/h5-6,16-17H,3-4,7,15H2,1-2H3,(H,18,19). The summed E-state index contributed by atoms with van der Waals surface area (Å²) >= 11 is 0. The molecule has 1 aromatic rings. The Kier molecular flexibility index (Phi) is 4.72. The summed E-state index contributed by atoms with van der Waals surface area (Å²) in [5.41, 5.74) is 5.60. The highest BCUT2D eigenvalue weighted by molar-refractivity contribution is 5.90. The SMILES string of the molecule is CC(C)(CCO)CNc1cc(F)c(C(=O)O)cc1N. The maximum absolute atomic E-state index is 13.5. The summed E-state index contributed by atoms with van der Waals surface area (Å²) in [6, 6.07) is 2.17. The zero-order chi connectivity index (χ0) is 14.6. The Morgan fingerprint density at radius 1 is 1.47 bits per heavy atom. The van der Waals surface area contributed by atoms with E-state index in [0.717, 1.165) is 12.1 Å². The molecule has 0 aromatic heterocycles. The van der Waals surface area contributed by atoms with Gasteiger partial charge in [0.15, 0.2) is 0 Å². The van der Waals surface area contributed by atoms with Crippen molar-refractivity contribution in [2.45, 2.75) is 20.3 Å². The van der Waals surface area contributed by atoms with Gasteiger partial charge in [-0.25, -0.2) is 9.18 Å². The van der Waals surface area contributed by atoms with E-state index in [9.17, 15) is 9.18 Å². The van der Waals surface area contributed by atoms with Crippen LogP contribution < -0.4 is 11.1 Å². The van der Waals surface area contributed by atoms with Crippen LogP contribution in [0, 0.1) is 11.2 Å². The maximum atomic E-state index is 13.5. The van der Waals surface area contributed by atoms with Crippen LogP contribution in [0.5, 0.6) is 0 Å². The molecule has 0 bridgehead atoms. The van der Waals surface area contributed by atoms with Crippen molar-refractivity contribution in [1.82, 2.24) is 0 Å².